The maximum atomic E-state index is 12.8. The molecule has 1 N–H and O–H groups in total. The lowest BCUT2D eigenvalue weighted by Gasteiger charge is -2.09. The lowest BCUT2D eigenvalue weighted by molar-refractivity contribution is -0.118. The van der Waals surface area contributed by atoms with Crippen LogP contribution >= 0.6 is 39.1 Å². The van der Waals surface area contributed by atoms with E-state index in [1.165, 1.54) is 12.3 Å². The lowest BCUT2D eigenvalue weighted by Crippen LogP contribution is -2.20. The van der Waals surface area contributed by atoms with Crippen molar-refractivity contribution in [3.05, 3.63) is 91.7 Å². The Bertz CT molecular complexity index is 1370. The van der Waals surface area contributed by atoms with Crippen molar-refractivity contribution >= 4 is 61.7 Å². The van der Waals surface area contributed by atoms with Gasteiger partial charge in [-0.25, -0.2) is 0 Å². The largest absolute Gasteiger partial charge is 0.484 e. The van der Waals surface area contributed by atoms with Gasteiger partial charge in [-0.1, -0.05) is 35.3 Å². The van der Waals surface area contributed by atoms with Gasteiger partial charge in [0.25, 0.3) is 5.91 Å². The number of para-hydroxylation sites is 1. The summed E-state index contributed by atoms with van der Waals surface area (Å²) in [4.78, 5) is 24.9. The molecular weight excluding hydrogens is 521 g/mol. The predicted octanol–water partition coefficient (Wildman–Crippen LogP) is 6.67. The van der Waals surface area contributed by atoms with Crippen molar-refractivity contribution in [3.8, 4) is 17.2 Å². The fourth-order valence-corrected chi connectivity index (χ4v) is 3.48. The first kappa shape index (κ1) is 22.2. The highest BCUT2D eigenvalue weighted by Crippen LogP contribution is 2.29. The standard InChI is InChI=1S/C23H14BrCl2NO5/c24-16-3-1-2-4-19(16)32-21-11-31-20-10-14(6-7-15(20)23(21)29)30-12-22(28)27-13-5-8-17(25)18(26)9-13/h1-11H,12H2,(H,27,28). The van der Waals surface area contributed by atoms with Crippen LogP contribution in [0.5, 0.6) is 17.2 Å². The Morgan fingerprint density at radius 1 is 1.00 bits per heavy atom. The molecule has 0 saturated heterocycles. The molecule has 0 spiro atoms. The molecule has 32 heavy (non-hydrogen) atoms. The summed E-state index contributed by atoms with van der Waals surface area (Å²) in [5.74, 6) is 0.526. The molecule has 0 bridgehead atoms. The number of ether oxygens (including phenoxy) is 2. The fraction of sp³-hybridized carbons (Fsp3) is 0.0435. The molecule has 1 heterocycles. The van der Waals surface area contributed by atoms with E-state index in [-0.39, 0.29) is 23.7 Å². The number of hydrogen-bond acceptors (Lipinski definition) is 5. The van der Waals surface area contributed by atoms with Crippen molar-refractivity contribution in [2.24, 2.45) is 0 Å². The van der Waals surface area contributed by atoms with Crippen LogP contribution in [0.1, 0.15) is 0 Å². The second-order valence-electron chi connectivity index (χ2n) is 6.59. The Morgan fingerprint density at radius 3 is 2.59 bits per heavy atom. The van der Waals surface area contributed by atoms with Gasteiger partial charge in [-0.2, -0.15) is 0 Å². The van der Waals surface area contributed by atoms with Crippen molar-refractivity contribution < 1.29 is 18.7 Å². The van der Waals surface area contributed by atoms with Gasteiger partial charge in [-0.15, -0.1) is 0 Å². The van der Waals surface area contributed by atoms with Crippen LogP contribution in [0.2, 0.25) is 10.0 Å². The Morgan fingerprint density at radius 2 is 1.81 bits per heavy atom. The van der Waals surface area contributed by atoms with Crippen molar-refractivity contribution in [2.45, 2.75) is 0 Å². The third-order valence-corrected chi connectivity index (χ3v) is 5.74. The quantitative estimate of drug-likeness (QED) is 0.299. The molecule has 4 aromatic rings. The van der Waals surface area contributed by atoms with Gasteiger partial charge in [0.2, 0.25) is 11.2 Å². The molecule has 0 aliphatic rings. The SMILES string of the molecule is O=C(COc1ccc2c(=O)c(Oc3ccccc3Br)coc2c1)Nc1ccc(Cl)c(Cl)c1. The van der Waals surface area contributed by atoms with E-state index in [4.69, 9.17) is 37.1 Å². The number of carbonyl (C=O) groups excluding carboxylic acids is 1. The molecule has 0 fully saturated rings. The monoisotopic (exact) mass is 533 g/mol. The van der Waals surface area contributed by atoms with Crippen LogP contribution in [-0.2, 0) is 4.79 Å². The number of carbonyl (C=O) groups is 1. The van der Waals surface area contributed by atoms with Crippen LogP contribution in [0.4, 0.5) is 5.69 Å². The number of benzene rings is 3. The van der Waals surface area contributed by atoms with Crippen LogP contribution in [0, 0.1) is 0 Å². The molecule has 3 aromatic carbocycles. The summed E-state index contributed by atoms with van der Waals surface area (Å²) < 4.78 is 17.5. The minimum Gasteiger partial charge on any atom is -0.484 e. The third-order valence-electron chi connectivity index (χ3n) is 4.34. The first-order chi connectivity index (χ1) is 15.4. The average Bonchev–Trinajstić information content (AvgIpc) is 2.78. The van der Waals surface area contributed by atoms with Crippen LogP contribution in [0.15, 0.2) is 80.6 Å². The number of halogens is 3. The summed E-state index contributed by atoms with van der Waals surface area (Å²) in [5, 5.41) is 3.71. The second kappa shape index (κ2) is 9.65. The number of amides is 1. The molecule has 9 heteroatoms. The van der Waals surface area contributed by atoms with E-state index in [1.807, 2.05) is 6.07 Å². The van der Waals surface area contributed by atoms with E-state index < -0.39 is 0 Å². The second-order valence-corrected chi connectivity index (χ2v) is 8.25. The van der Waals surface area contributed by atoms with E-state index in [9.17, 15) is 9.59 Å². The van der Waals surface area contributed by atoms with Crippen molar-refractivity contribution in [1.29, 1.82) is 0 Å². The van der Waals surface area contributed by atoms with Crippen LogP contribution in [0.3, 0.4) is 0 Å². The summed E-state index contributed by atoms with van der Waals surface area (Å²) in [6.45, 7) is -0.251. The van der Waals surface area contributed by atoms with Gasteiger partial charge in [-0.3, -0.25) is 9.59 Å². The number of hydrogen-bond donors (Lipinski definition) is 1. The molecule has 1 amide bonds. The molecule has 0 aliphatic carbocycles. The van der Waals surface area contributed by atoms with Crippen LogP contribution in [0.25, 0.3) is 11.0 Å². The topological polar surface area (TPSA) is 77.8 Å². The maximum absolute atomic E-state index is 12.8. The highest BCUT2D eigenvalue weighted by atomic mass is 79.9. The molecule has 0 saturated carbocycles. The molecule has 0 radical (unpaired) electrons. The van der Waals surface area contributed by atoms with Crippen LogP contribution < -0.4 is 20.2 Å². The van der Waals surface area contributed by atoms with Gasteiger partial charge in [0.1, 0.15) is 23.3 Å². The Kier molecular flexibility index (Phi) is 6.69. The molecule has 6 nitrogen and oxygen atoms in total. The normalized spacial score (nSPS) is 10.7. The minimum absolute atomic E-state index is 0.0547. The van der Waals surface area contributed by atoms with Crippen molar-refractivity contribution in [2.75, 3.05) is 11.9 Å². The van der Waals surface area contributed by atoms with E-state index in [0.717, 1.165) is 0 Å². The highest BCUT2D eigenvalue weighted by molar-refractivity contribution is 9.10. The minimum atomic E-state index is -0.387. The van der Waals surface area contributed by atoms with E-state index in [1.54, 1.807) is 48.5 Å². The van der Waals surface area contributed by atoms with Gasteiger partial charge in [0.15, 0.2) is 6.61 Å². The summed E-state index contributed by atoms with van der Waals surface area (Å²) >= 11 is 15.2. The lowest BCUT2D eigenvalue weighted by atomic mass is 10.2. The molecule has 0 unspecified atom stereocenters. The Hall–Kier alpha value is -3.00. The summed E-state index contributed by atoms with van der Waals surface area (Å²) in [5.41, 5.74) is 0.470. The summed E-state index contributed by atoms with van der Waals surface area (Å²) in [7, 11) is 0. The van der Waals surface area contributed by atoms with Crippen molar-refractivity contribution in [1.82, 2.24) is 0 Å². The molecule has 4 rings (SSSR count). The zero-order valence-corrected chi connectivity index (χ0v) is 19.3. The predicted molar refractivity (Wildman–Crippen MR) is 127 cm³/mol. The zero-order chi connectivity index (χ0) is 22.7. The summed E-state index contributed by atoms with van der Waals surface area (Å²) in [6.07, 6.45) is 1.24. The number of anilines is 1. The van der Waals surface area contributed by atoms with Gasteiger partial charge in [-0.05, 0) is 58.4 Å². The van der Waals surface area contributed by atoms with Crippen molar-refractivity contribution in [3.63, 3.8) is 0 Å². The van der Waals surface area contributed by atoms with Gasteiger partial charge in [0.05, 0.1) is 19.9 Å². The average molecular weight is 535 g/mol. The molecule has 0 aliphatic heterocycles. The van der Waals surface area contributed by atoms with Crippen LogP contribution in [-0.4, -0.2) is 12.5 Å². The maximum Gasteiger partial charge on any atom is 0.262 e. The van der Waals surface area contributed by atoms with E-state index >= 15 is 0 Å². The summed E-state index contributed by atoms with van der Waals surface area (Å²) in [6, 6.07) is 16.6. The van der Waals surface area contributed by atoms with Gasteiger partial charge >= 0.3 is 0 Å². The molecule has 162 valence electrons. The number of rotatable bonds is 6. The highest BCUT2D eigenvalue weighted by Gasteiger charge is 2.12. The number of fused-ring (bicyclic) bond motifs is 1. The molecule has 1 aromatic heterocycles. The van der Waals surface area contributed by atoms with Gasteiger partial charge < -0.3 is 19.2 Å². The Balaban J connectivity index is 1.45. The Labute approximate surface area is 200 Å². The third kappa shape index (κ3) is 5.07. The molecule has 0 atom stereocenters. The first-order valence-corrected chi connectivity index (χ1v) is 10.8. The van der Waals surface area contributed by atoms with E-state index in [0.29, 0.717) is 42.7 Å². The first-order valence-electron chi connectivity index (χ1n) is 9.26. The number of nitrogens with one attached hydrogen (secondary N) is 1. The smallest absolute Gasteiger partial charge is 0.262 e. The van der Waals surface area contributed by atoms with E-state index in [2.05, 4.69) is 21.2 Å². The fourth-order valence-electron chi connectivity index (χ4n) is 2.82. The zero-order valence-electron chi connectivity index (χ0n) is 16.2. The molecular formula is C23H14BrCl2NO5. The van der Waals surface area contributed by atoms with Gasteiger partial charge in [0, 0.05) is 11.8 Å².